The van der Waals surface area contributed by atoms with E-state index in [0.717, 1.165) is 21.4 Å². The number of carbonyl (C=O) groups is 1. The average molecular weight is 365 g/mol. The molecule has 3 nitrogen and oxygen atoms in total. The minimum absolute atomic E-state index is 0.115. The van der Waals surface area contributed by atoms with Crippen LogP contribution in [0.2, 0.25) is 0 Å². The quantitative estimate of drug-likeness (QED) is 0.854. The molecule has 22 heavy (non-hydrogen) atoms. The van der Waals surface area contributed by atoms with E-state index in [9.17, 15) is 9.18 Å². The van der Waals surface area contributed by atoms with Crippen molar-refractivity contribution in [3.8, 4) is 0 Å². The molecule has 2 aromatic carbocycles. The van der Waals surface area contributed by atoms with Gasteiger partial charge in [0.15, 0.2) is 0 Å². The van der Waals surface area contributed by atoms with Gasteiger partial charge < -0.3 is 10.2 Å². The molecule has 0 radical (unpaired) electrons. The highest BCUT2D eigenvalue weighted by Gasteiger charge is 2.11. The second kappa shape index (κ2) is 7.40. The Morgan fingerprint density at radius 2 is 1.91 bits per heavy atom. The first-order valence-electron chi connectivity index (χ1n) is 7.06. The molecule has 0 aliphatic heterocycles. The molecule has 0 aliphatic rings. The van der Waals surface area contributed by atoms with E-state index in [-0.39, 0.29) is 18.3 Å². The molecule has 0 atom stereocenters. The third kappa shape index (κ3) is 4.31. The third-order valence-corrected chi connectivity index (χ3v) is 3.96. The Kier molecular flexibility index (Phi) is 5.55. The maximum Gasteiger partial charge on any atom is 0.243 e. The summed E-state index contributed by atoms with van der Waals surface area (Å²) < 4.78 is 13.8. The summed E-state index contributed by atoms with van der Waals surface area (Å²) in [5.74, 6) is -0.399. The fraction of sp³-hybridized carbons (Fsp3) is 0.235. The van der Waals surface area contributed by atoms with Crippen molar-refractivity contribution in [2.75, 3.05) is 23.3 Å². The minimum atomic E-state index is -0.284. The largest absolute Gasteiger partial charge is 0.362 e. The predicted octanol–water partition coefficient (Wildman–Crippen LogP) is 4.36. The van der Waals surface area contributed by atoms with E-state index in [2.05, 4.69) is 21.2 Å². The van der Waals surface area contributed by atoms with Crippen LogP contribution in [0.4, 0.5) is 15.8 Å². The standard InChI is InChI=1S/C17H18BrFN2O/c1-3-21(14-7-5-13(19)6-8-14)11-17(22)20-16-9-4-12(2)10-15(16)18/h4-10H,3,11H2,1-2H3,(H,20,22). The SMILES string of the molecule is CCN(CC(=O)Nc1ccc(C)cc1Br)c1ccc(F)cc1. The van der Waals surface area contributed by atoms with Crippen molar-refractivity contribution in [2.24, 2.45) is 0 Å². The Hall–Kier alpha value is -1.88. The zero-order valence-electron chi connectivity index (χ0n) is 12.6. The lowest BCUT2D eigenvalue weighted by molar-refractivity contribution is -0.115. The number of hydrogen-bond donors (Lipinski definition) is 1. The molecule has 0 heterocycles. The van der Waals surface area contributed by atoms with Crippen LogP contribution in [0.15, 0.2) is 46.9 Å². The Morgan fingerprint density at radius 1 is 1.23 bits per heavy atom. The molecule has 2 rings (SSSR count). The maximum absolute atomic E-state index is 13.0. The fourth-order valence-corrected chi connectivity index (χ4v) is 2.71. The second-order valence-electron chi connectivity index (χ2n) is 5.02. The van der Waals surface area contributed by atoms with Gasteiger partial charge in [0.2, 0.25) is 5.91 Å². The number of likely N-dealkylation sites (N-methyl/N-ethyl adjacent to an activating group) is 1. The van der Waals surface area contributed by atoms with Gasteiger partial charge in [-0.3, -0.25) is 4.79 Å². The highest BCUT2D eigenvalue weighted by atomic mass is 79.9. The summed E-state index contributed by atoms with van der Waals surface area (Å²) in [6.07, 6.45) is 0. The Bertz CT molecular complexity index is 658. The number of carbonyl (C=O) groups excluding carboxylic acids is 1. The van der Waals surface area contributed by atoms with Gasteiger partial charge in [0.05, 0.1) is 12.2 Å². The number of nitrogens with one attached hydrogen (secondary N) is 1. The summed E-state index contributed by atoms with van der Waals surface area (Å²) >= 11 is 3.44. The van der Waals surface area contributed by atoms with Gasteiger partial charge in [0.1, 0.15) is 5.82 Å². The summed E-state index contributed by atoms with van der Waals surface area (Å²) in [4.78, 5) is 14.1. The predicted molar refractivity (Wildman–Crippen MR) is 91.8 cm³/mol. The van der Waals surface area contributed by atoms with E-state index in [4.69, 9.17) is 0 Å². The summed E-state index contributed by atoms with van der Waals surface area (Å²) in [5.41, 5.74) is 2.68. The summed E-state index contributed by atoms with van der Waals surface area (Å²) in [6.45, 7) is 4.82. The van der Waals surface area contributed by atoms with Crippen LogP contribution in [0.3, 0.4) is 0 Å². The molecular weight excluding hydrogens is 347 g/mol. The average Bonchev–Trinajstić information content (AvgIpc) is 2.49. The molecule has 2 aromatic rings. The van der Waals surface area contributed by atoms with Gasteiger partial charge in [-0.2, -0.15) is 0 Å². The number of anilines is 2. The van der Waals surface area contributed by atoms with E-state index in [1.165, 1.54) is 12.1 Å². The van der Waals surface area contributed by atoms with E-state index < -0.39 is 0 Å². The van der Waals surface area contributed by atoms with E-state index in [0.29, 0.717) is 6.54 Å². The molecule has 1 N–H and O–H groups in total. The summed E-state index contributed by atoms with van der Waals surface area (Å²) in [6, 6.07) is 11.9. The smallest absolute Gasteiger partial charge is 0.243 e. The lowest BCUT2D eigenvalue weighted by Gasteiger charge is -2.22. The molecule has 0 unspecified atom stereocenters. The molecule has 1 amide bonds. The molecule has 0 aliphatic carbocycles. The van der Waals surface area contributed by atoms with Crippen molar-refractivity contribution in [1.29, 1.82) is 0 Å². The molecule has 0 saturated carbocycles. The number of nitrogens with zero attached hydrogens (tertiary/aromatic N) is 1. The molecule has 0 aromatic heterocycles. The van der Waals surface area contributed by atoms with Gasteiger partial charge >= 0.3 is 0 Å². The van der Waals surface area contributed by atoms with E-state index >= 15 is 0 Å². The van der Waals surface area contributed by atoms with Crippen molar-refractivity contribution in [1.82, 2.24) is 0 Å². The number of amides is 1. The molecule has 0 fully saturated rings. The lowest BCUT2D eigenvalue weighted by atomic mass is 10.2. The lowest BCUT2D eigenvalue weighted by Crippen LogP contribution is -2.33. The molecular formula is C17H18BrFN2O. The van der Waals surface area contributed by atoms with Crippen LogP contribution in [0.1, 0.15) is 12.5 Å². The van der Waals surface area contributed by atoms with Crippen LogP contribution >= 0.6 is 15.9 Å². The zero-order chi connectivity index (χ0) is 16.1. The molecule has 0 saturated heterocycles. The molecule has 116 valence electrons. The van der Waals surface area contributed by atoms with Crippen LogP contribution in [0.25, 0.3) is 0 Å². The van der Waals surface area contributed by atoms with E-state index in [1.54, 1.807) is 12.1 Å². The Morgan fingerprint density at radius 3 is 2.50 bits per heavy atom. The van der Waals surface area contributed by atoms with E-state index in [1.807, 2.05) is 36.9 Å². The van der Waals surface area contributed by atoms with Crippen LogP contribution in [-0.2, 0) is 4.79 Å². The van der Waals surface area contributed by atoms with Crippen molar-refractivity contribution < 1.29 is 9.18 Å². The number of benzene rings is 2. The first-order chi connectivity index (χ1) is 10.5. The maximum atomic E-state index is 13.0. The topological polar surface area (TPSA) is 32.3 Å². The van der Waals surface area contributed by atoms with Crippen LogP contribution in [0.5, 0.6) is 0 Å². The zero-order valence-corrected chi connectivity index (χ0v) is 14.2. The van der Waals surface area contributed by atoms with Crippen molar-refractivity contribution in [3.05, 3.63) is 58.3 Å². The number of halogens is 2. The Labute approximate surface area is 138 Å². The highest BCUT2D eigenvalue weighted by molar-refractivity contribution is 9.10. The normalized spacial score (nSPS) is 10.4. The minimum Gasteiger partial charge on any atom is -0.362 e. The van der Waals surface area contributed by atoms with Gasteiger partial charge in [-0.25, -0.2) is 4.39 Å². The van der Waals surface area contributed by atoms with Gasteiger partial charge in [0.25, 0.3) is 0 Å². The Balaban J connectivity index is 2.04. The van der Waals surface area contributed by atoms with Crippen molar-refractivity contribution in [2.45, 2.75) is 13.8 Å². The molecule has 0 bridgehead atoms. The number of rotatable bonds is 5. The first kappa shape index (κ1) is 16.5. The fourth-order valence-electron chi connectivity index (χ4n) is 2.12. The van der Waals surface area contributed by atoms with Crippen LogP contribution in [-0.4, -0.2) is 19.0 Å². The number of aryl methyl sites for hydroxylation is 1. The second-order valence-corrected chi connectivity index (χ2v) is 5.88. The summed E-state index contributed by atoms with van der Waals surface area (Å²) in [7, 11) is 0. The third-order valence-electron chi connectivity index (χ3n) is 3.31. The number of hydrogen-bond acceptors (Lipinski definition) is 2. The molecule has 0 spiro atoms. The molecule has 5 heteroatoms. The van der Waals surface area contributed by atoms with Crippen molar-refractivity contribution >= 4 is 33.2 Å². The van der Waals surface area contributed by atoms with Gasteiger partial charge in [-0.05, 0) is 71.7 Å². The summed E-state index contributed by atoms with van der Waals surface area (Å²) in [5, 5.41) is 2.88. The van der Waals surface area contributed by atoms with Gasteiger partial charge in [-0.1, -0.05) is 6.07 Å². The monoisotopic (exact) mass is 364 g/mol. The van der Waals surface area contributed by atoms with Crippen LogP contribution < -0.4 is 10.2 Å². The van der Waals surface area contributed by atoms with Gasteiger partial charge in [-0.15, -0.1) is 0 Å². The van der Waals surface area contributed by atoms with Crippen LogP contribution in [0, 0.1) is 12.7 Å². The van der Waals surface area contributed by atoms with Crippen molar-refractivity contribution in [3.63, 3.8) is 0 Å². The highest BCUT2D eigenvalue weighted by Crippen LogP contribution is 2.23. The first-order valence-corrected chi connectivity index (χ1v) is 7.85. The van der Waals surface area contributed by atoms with Gasteiger partial charge in [0, 0.05) is 16.7 Å².